The Bertz CT molecular complexity index is 1100. The predicted octanol–water partition coefficient (Wildman–Crippen LogP) is 21.2. The van der Waals surface area contributed by atoms with Crippen molar-refractivity contribution in [2.24, 2.45) is 0 Å². The number of amides is 1. The molecule has 0 aromatic carbocycles. The second-order valence-corrected chi connectivity index (χ2v) is 23.2. The summed E-state index contributed by atoms with van der Waals surface area (Å²) in [6, 6.07) is -0.622. The number of hydrogen-bond donors (Lipinski definition) is 3. The maximum Gasteiger partial charge on any atom is 0.305 e. The highest BCUT2D eigenvalue weighted by atomic mass is 16.5. The molecule has 0 fully saturated rings. The molecule has 0 radical (unpaired) electrons. The third-order valence-corrected chi connectivity index (χ3v) is 15.8. The summed E-state index contributed by atoms with van der Waals surface area (Å²) in [7, 11) is 0. The molecular weight excluding hydrogens is 899 g/mol. The molecule has 0 aliphatic heterocycles. The average Bonchev–Trinajstić information content (AvgIpc) is 3.39. The first kappa shape index (κ1) is 71.6. The zero-order chi connectivity index (χ0) is 52.9. The van der Waals surface area contributed by atoms with Crippen LogP contribution in [0.5, 0.6) is 0 Å². The highest BCUT2D eigenvalue weighted by Crippen LogP contribution is 2.19. The van der Waals surface area contributed by atoms with Gasteiger partial charge in [0.15, 0.2) is 0 Å². The number of carbonyl (C=O) groups is 2. The Morgan fingerprint density at radius 2 is 0.630 bits per heavy atom. The van der Waals surface area contributed by atoms with Gasteiger partial charge in [-0.3, -0.25) is 9.59 Å². The van der Waals surface area contributed by atoms with Crippen molar-refractivity contribution < 1.29 is 24.5 Å². The summed E-state index contributed by atoms with van der Waals surface area (Å²) >= 11 is 0. The van der Waals surface area contributed by atoms with E-state index in [9.17, 15) is 19.8 Å². The maximum atomic E-state index is 12.4. The first-order valence-electron chi connectivity index (χ1n) is 33.5. The van der Waals surface area contributed by atoms with E-state index in [2.05, 4.69) is 19.2 Å². The molecule has 0 aliphatic carbocycles. The summed E-state index contributed by atoms with van der Waals surface area (Å²) in [5, 5.41) is 23.0. The van der Waals surface area contributed by atoms with Gasteiger partial charge in [-0.25, -0.2) is 0 Å². The minimum Gasteiger partial charge on any atom is -0.466 e. The second kappa shape index (κ2) is 63.1. The van der Waals surface area contributed by atoms with E-state index in [0.717, 1.165) is 38.5 Å². The molecule has 2 unspecified atom stereocenters. The third-order valence-electron chi connectivity index (χ3n) is 15.8. The van der Waals surface area contributed by atoms with Gasteiger partial charge < -0.3 is 20.3 Å². The molecule has 6 heteroatoms. The van der Waals surface area contributed by atoms with E-state index in [0.29, 0.717) is 19.4 Å². The molecule has 0 aromatic rings. The largest absolute Gasteiger partial charge is 0.466 e. The molecule has 0 bridgehead atoms. The first-order valence-corrected chi connectivity index (χ1v) is 33.5. The molecular formula is C67H131NO5. The number of aliphatic hydroxyl groups is 2. The van der Waals surface area contributed by atoms with Crippen molar-refractivity contribution in [2.75, 3.05) is 13.2 Å². The molecule has 3 N–H and O–H groups in total. The van der Waals surface area contributed by atoms with Crippen LogP contribution in [0.4, 0.5) is 0 Å². The Labute approximate surface area is 457 Å². The molecule has 0 saturated carbocycles. The summed E-state index contributed by atoms with van der Waals surface area (Å²) in [6.45, 7) is 4.92. The van der Waals surface area contributed by atoms with Gasteiger partial charge in [-0.2, -0.15) is 0 Å². The third kappa shape index (κ3) is 59.7. The van der Waals surface area contributed by atoms with Gasteiger partial charge in [0, 0.05) is 12.8 Å². The fourth-order valence-electron chi connectivity index (χ4n) is 10.7. The topological polar surface area (TPSA) is 95.9 Å². The SMILES string of the molecule is CCCCCCCCCCC/C=C/C(O)C(CO)NC(=O)CCCCCCCCCCCCCCCCCCCCCCCCCCCCCCCCCCOC(=O)CCCCCCCCCCCCCCC. The Morgan fingerprint density at radius 1 is 0.370 bits per heavy atom. The molecule has 0 saturated heterocycles. The normalized spacial score (nSPS) is 12.5. The fraction of sp³-hybridized carbons (Fsp3) is 0.940. The zero-order valence-electron chi connectivity index (χ0n) is 49.6. The van der Waals surface area contributed by atoms with E-state index in [1.165, 1.54) is 315 Å². The van der Waals surface area contributed by atoms with E-state index >= 15 is 0 Å². The van der Waals surface area contributed by atoms with Crippen LogP contribution in [0.3, 0.4) is 0 Å². The Balaban J connectivity index is 3.30. The number of aliphatic hydroxyl groups excluding tert-OH is 2. The van der Waals surface area contributed by atoms with Gasteiger partial charge in [-0.15, -0.1) is 0 Å². The smallest absolute Gasteiger partial charge is 0.305 e. The molecule has 6 nitrogen and oxygen atoms in total. The van der Waals surface area contributed by atoms with Crippen LogP contribution < -0.4 is 5.32 Å². The Hall–Kier alpha value is -1.40. The van der Waals surface area contributed by atoms with E-state index in [1.54, 1.807) is 6.08 Å². The molecule has 0 aromatic heterocycles. The number of esters is 1. The van der Waals surface area contributed by atoms with Crippen LogP contribution in [0, 0.1) is 0 Å². The number of unbranched alkanes of at least 4 members (excludes halogenated alkanes) is 52. The van der Waals surface area contributed by atoms with Gasteiger partial charge in [0.1, 0.15) is 0 Å². The Morgan fingerprint density at radius 3 is 0.932 bits per heavy atom. The van der Waals surface area contributed by atoms with Crippen molar-refractivity contribution in [3.05, 3.63) is 12.2 Å². The quantitative estimate of drug-likeness (QED) is 0.0320. The molecule has 73 heavy (non-hydrogen) atoms. The van der Waals surface area contributed by atoms with Crippen molar-refractivity contribution in [2.45, 2.75) is 392 Å². The molecule has 2 atom stereocenters. The summed E-state index contributed by atoms with van der Waals surface area (Å²) in [6.07, 6.45) is 77.2. The van der Waals surface area contributed by atoms with Gasteiger partial charge in [0.05, 0.1) is 25.4 Å². The van der Waals surface area contributed by atoms with Crippen LogP contribution in [0.25, 0.3) is 0 Å². The Kier molecular flexibility index (Phi) is 61.9. The minimum atomic E-state index is -0.839. The summed E-state index contributed by atoms with van der Waals surface area (Å²) in [5.74, 6) is -0.0398. The van der Waals surface area contributed by atoms with Crippen molar-refractivity contribution in [3.63, 3.8) is 0 Å². The van der Waals surface area contributed by atoms with Crippen LogP contribution in [0.1, 0.15) is 380 Å². The lowest BCUT2D eigenvalue weighted by Crippen LogP contribution is -2.45. The standard InChI is InChI=1S/C67H131NO5/c1-3-5-7-9-11-13-15-36-41-45-49-53-57-61-67(72)73-62-58-54-50-46-42-38-35-33-31-29-27-25-23-21-19-17-16-18-20-22-24-26-28-30-32-34-37-40-44-48-52-56-60-66(71)68-64(63-69)65(70)59-55-51-47-43-39-14-12-10-8-6-4-2/h55,59,64-65,69-70H,3-54,56-58,60-63H2,1-2H3,(H,68,71)/b59-55+. The molecule has 0 rings (SSSR count). The van der Waals surface area contributed by atoms with Crippen LogP contribution in [-0.4, -0.2) is 47.4 Å². The lowest BCUT2D eigenvalue weighted by Gasteiger charge is -2.20. The molecule has 0 aliphatic rings. The van der Waals surface area contributed by atoms with Crippen LogP contribution >= 0.6 is 0 Å². The van der Waals surface area contributed by atoms with E-state index < -0.39 is 12.1 Å². The van der Waals surface area contributed by atoms with Crippen LogP contribution in [-0.2, 0) is 14.3 Å². The summed E-state index contributed by atoms with van der Waals surface area (Å²) in [5.41, 5.74) is 0. The van der Waals surface area contributed by atoms with Gasteiger partial charge in [0.2, 0.25) is 5.91 Å². The van der Waals surface area contributed by atoms with Gasteiger partial charge in [-0.1, -0.05) is 347 Å². The van der Waals surface area contributed by atoms with Gasteiger partial charge >= 0.3 is 5.97 Å². The monoisotopic (exact) mass is 1030 g/mol. The van der Waals surface area contributed by atoms with E-state index in [-0.39, 0.29) is 18.5 Å². The number of rotatable bonds is 63. The van der Waals surface area contributed by atoms with Crippen molar-refractivity contribution >= 4 is 11.9 Å². The number of allylic oxidation sites excluding steroid dienone is 1. The lowest BCUT2D eigenvalue weighted by molar-refractivity contribution is -0.143. The molecule has 0 heterocycles. The number of ether oxygens (including phenoxy) is 1. The first-order chi connectivity index (χ1) is 36.0. The van der Waals surface area contributed by atoms with E-state index in [1.807, 2.05) is 6.08 Å². The lowest BCUT2D eigenvalue weighted by atomic mass is 10.0. The number of carbonyl (C=O) groups excluding carboxylic acids is 2. The highest BCUT2D eigenvalue weighted by molar-refractivity contribution is 5.76. The van der Waals surface area contributed by atoms with Crippen molar-refractivity contribution in [1.29, 1.82) is 0 Å². The highest BCUT2D eigenvalue weighted by Gasteiger charge is 2.18. The average molecular weight is 1030 g/mol. The summed E-state index contributed by atoms with van der Waals surface area (Å²) in [4.78, 5) is 24.5. The van der Waals surface area contributed by atoms with Gasteiger partial charge in [0.25, 0.3) is 0 Å². The number of hydrogen-bond acceptors (Lipinski definition) is 5. The van der Waals surface area contributed by atoms with Crippen LogP contribution in [0.2, 0.25) is 0 Å². The maximum absolute atomic E-state index is 12.4. The summed E-state index contributed by atoms with van der Waals surface area (Å²) < 4.78 is 5.49. The van der Waals surface area contributed by atoms with Crippen LogP contribution in [0.15, 0.2) is 12.2 Å². The predicted molar refractivity (Wildman–Crippen MR) is 320 cm³/mol. The minimum absolute atomic E-state index is 0.0230. The second-order valence-electron chi connectivity index (χ2n) is 23.2. The molecule has 434 valence electrons. The zero-order valence-corrected chi connectivity index (χ0v) is 49.6. The molecule has 0 spiro atoms. The van der Waals surface area contributed by atoms with Crippen molar-refractivity contribution in [3.8, 4) is 0 Å². The number of nitrogens with one attached hydrogen (secondary N) is 1. The van der Waals surface area contributed by atoms with Crippen molar-refractivity contribution in [1.82, 2.24) is 5.32 Å². The fourth-order valence-corrected chi connectivity index (χ4v) is 10.7. The van der Waals surface area contributed by atoms with Gasteiger partial charge in [-0.05, 0) is 32.1 Å². The molecule has 1 amide bonds. The van der Waals surface area contributed by atoms with E-state index in [4.69, 9.17) is 4.74 Å².